The highest BCUT2D eigenvalue weighted by Gasteiger charge is 2.12. The van der Waals surface area contributed by atoms with Gasteiger partial charge in [-0.05, 0) is 17.7 Å². The molecule has 94 valence electrons. The Morgan fingerprint density at radius 1 is 0.789 bits per heavy atom. The van der Waals surface area contributed by atoms with Crippen LogP contribution in [-0.4, -0.2) is 0 Å². The Labute approximate surface area is 123 Å². The lowest BCUT2D eigenvalue weighted by Gasteiger charge is -2.02. The molecule has 0 amide bonds. The molecule has 0 aliphatic rings. The van der Waals surface area contributed by atoms with E-state index in [0.29, 0.717) is 0 Å². The second-order valence-electron chi connectivity index (χ2n) is 3.85. The number of rotatable bonds is 3. The number of benzene rings is 2. The Kier molecular flexibility index (Phi) is 3.82. The molecule has 0 aliphatic heterocycles. The van der Waals surface area contributed by atoms with E-state index < -0.39 is 0 Å². The van der Waals surface area contributed by atoms with Crippen LogP contribution in [0.3, 0.4) is 0 Å². The molecule has 0 saturated heterocycles. The minimum Gasteiger partial charge on any atom is -0.265 e. The van der Waals surface area contributed by atoms with Gasteiger partial charge in [-0.1, -0.05) is 83.0 Å². The van der Waals surface area contributed by atoms with E-state index in [4.69, 9.17) is 0 Å². The van der Waals surface area contributed by atoms with Crippen molar-refractivity contribution in [2.24, 2.45) is 0 Å². The lowest BCUT2D eigenvalue weighted by atomic mass is 10.2. The van der Waals surface area contributed by atoms with Crippen LogP contribution in [0.25, 0.3) is 10.4 Å². The Bertz CT molecular complexity index is 714. The van der Waals surface area contributed by atoms with Crippen LogP contribution in [0, 0.1) is 0 Å². The van der Waals surface area contributed by atoms with Gasteiger partial charge in [0.05, 0.1) is 9.09 Å². The molecule has 0 fully saturated rings. The average molecular weight is 302 g/mol. The normalized spacial score (nSPS) is 10.5. The molecule has 0 saturated carbocycles. The van der Waals surface area contributed by atoms with E-state index in [1.54, 1.807) is 11.8 Å². The average Bonchev–Trinajstić information content (AvgIpc) is 2.82. The van der Waals surface area contributed by atoms with E-state index in [1.807, 2.05) is 48.5 Å². The van der Waals surface area contributed by atoms with Gasteiger partial charge in [0, 0.05) is 4.90 Å². The third kappa shape index (κ3) is 2.97. The molecule has 4 heteroatoms. The lowest BCUT2D eigenvalue weighted by Crippen LogP contribution is -1.75. The Morgan fingerprint density at radius 3 is 2.11 bits per heavy atom. The van der Waals surface area contributed by atoms with Crippen molar-refractivity contribution < 1.29 is 0 Å². The first-order chi connectivity index (χ1) is 9.33. The second-order valence-corrected chi connectivity index (χ2v) is 7.42. The van der Waals surface area contributed by atoms with Crippen LogP contribution >= 0.6 is 34.4 Å². The van der Waals surface area contributed by atoms with E-state index in [9.17, 15) is 4.79 Å². The van der Waals surface area contributed by atoms with Gasteiger partial charge in [-0.25, -0.2) is 0 Å². The van der Waals surface area contributed by atoms with E-state index in [0.717, 1.165) is 19.5 Å². The van der Waals surface area contributed by atoms with Crippen LogP contribution in [0.2, 0.25) is 0 Å². The molecule has 0 radical (unpaired) electrons. The predicted molar refractivity (Wildman–Crippen MR) is 84.5 cm³/mol. The molecule has 0 bridgehead atoms. The Morgan fingerprint density at radius 2 is 1.42 bits per heavy atom. The molecular formula is C15H10OS3. The van der Waals surface area contributed by atoms with Crippen LogP contribution in [0.4, 0.5) is 0 Å². The summed E-state index contributed by atoms with van der Waals surface area (Å²) in [6.45, 7) is 0. The summed E-state index contributed by atoms with van der Waals surface area (Å²) >= 11 is 4.32. The maximum Gasteiger partial charge on any atom is 0.289 e. The highest BCUT2D eigenvalue weighted by atomic mass is 32.2. The van der Waals surface area contributed by atoms with E-state index in [2.05, 4.69) is 12.1 Å². The third-order valence-electron chi connectivity index (χ3n) is 2.54. The fourth-order valence-electron chi connectivity index (χ4n) is 1.70. The van der Waals surface area contributed by atoms with Crippen molar-refractivity contribution in [2.75, 3.05) is 0 Å². The van der Waals surface area contributed by atoms with Crippen molar-refractivity contribution in [1.82, 2.24) is 0 Å². The largest absolute Gasteiger partial charge is 0.289 e. The second kappa shape index (κ2) is 5.74. The standard InChI is InChI=1S/C15H10OS3/c16-15-18-13(11-7-3-1-4-8-11)14(19-15)17-12-9-5-2-6-10-12/h1-10H. The van der Waals surface area contributed by atoms with Crippen LogP contribution < -0.4 is 4.06 Å². The molecule has 2 aromatic carbocycles. The van der Waals surface area contributed by atoms with Gasteiger partial charge in [0.25, 0.3) is 4.06 Å². The zero-order valence-electron chi connectivity index (χ0n) is 9.91. The third-order valence-corrected chi connectivity index (χ3v) is 6.06. The summed E-state index contributed by atoms with van der Waals surface area (Å²) in [5.41, 5.74) is 1.12. The monoisotopic (exact) mass is 302 g/mol. The highest BCUT2D eigenvalue weighted by Crippen LogP contribution is 2.40. The molecule has 0 spiro atoms. The van der Waals surface area contributed by atoms with Crippen LogP contribution in [-0.2, 0) is 0 Å². The minimum absolute atomic E-state index is 0.150. The molecule has 3 aromatic rings. The van der Waals surface area contributed by atoms with Gasteiger partial charge in [0.1, 0.15) is 0 Å². The van der Waals surface area contributed by atoms with Gasteiger partial charge in [0.2, 0.25) is 0 Å². The number of hydrogen-bond donors (Lipinski definition) is 0. The predicted octanol–water partition coefficient (Wildman–Crippen LogP) is 4.99. The van der Waals surface area contributed by atoms with Crippen molar-refractivity contribution in [3.8, 4) is 10.4 Å². The summed E-state index contributed by atoms with van der Waals surface area (Å²) in [7, 11) is 0. The summed E-state index contributed by atoms with van der Waals surface area (Å²) in [4.78, 5) is 13.9. The van der Waals surface area contributed by atoms with Gasteiger partial charge in [-0.15, -0.1) is 0 Å². The maximum atomic E-state index is 11.7. The summed E-state index contributed by atoms with van der Waals surface area (Å²) in [5.74, 6) is 0. The van der Waals surface area contributed by atoms with Crippen molar-refractivity contribution in [2.45, 2.75) is 9.10 Å². The first kappa shape index (κ1) is 12.7. The molecular weight excluding hydrogens is 292 g/mol. The molecule has 0 atom stereocenters. The Balaban J connectivity index is 2.01. The summed E-state index contributed by atoms with van der Waals surface area (Å²) in [6, 6.07) is 20.2. The quantitative estimate of drug-likeness (QED) is 0.678. The van der Waals surface area contributed by atoms with Crippen molar-refractivity contribution in [1.29, 1.82) is 0 Å². The van der Waals surface area contributed by atoms with Gasteiger partial charge in [-0.3, -0.25) is 4.79 Å². The summed E-state index contributed by atoms with van der Waals surface area (Å²) in [6.07, 6.45) is 0. The SMILES string of the molecule is O=c1sc(Sc2ccccc2)c(-c2ccccc2)s1. The molecule has 19 heavy (non-hydrogen) atoms. The smallest absolute Gasteiger partial charge is 0.265 e. The van der Waals surface area contributed by atoms with Crippen LogP contribution in [0.5, 0.6) is 0 Å². The van der Waals surface area contributed by atoms with E-state index in [-0.39, 0.29) is 4.06 Å². The molecule has 0 unspecified atom stereocenters. The first-order valence-electron chi connectivity index (χ1n) is 5.75. The number of hydrogen-bond acceptors (Lipinski definition) is 4. The van der Waals surface area contributed by atoms with Gasteiger partial charge < -0.3 is 0 Å². The van der Waals surface area contributed by atoms with Crippen molar-refractivity contribution >= 4 is 34.4 Å². The van der Waals surface area contributed by atoms with Gasteiger partial charge in [0.15, 0.2) is 0 Å². The van der Waals surface area contributed by atoms with Gasteiger partial charge in [-0.2, -0.15) is 0 Å². The van der Waals surface area contributed by atoms with Gasteiger partial charge >= 0.3 is 0 Å². The van der Waals surface area contributed by atoms with Crippen molar-refractivity contribution in [3.63, 3.8) is 0 Å². The van der Waals surface area contributed by atoms with Crippen LogP contribution in [0.15, 0.2) is 74.6 Å². The zero-order chi connectivity index (χ0) is 13.1. The summed E-state index contributed by atoms with van der Waals surface area (Å²) in [5, 5.41) is 0. The molecule has 1 heterocycles. The molecule has 3 rings (SSSR count). The van der Waals surface area contributed by atoms with E-state index >= 15 is 0 Å². The first-order valence-corrected chi connectivity index (χ1v) is 8.20. The lowest BCUT2D eigenvalue weighted by molar-refractivity contribution is 1.46. The molecule has 0 aliphatic carbocycles. The molecule has 1 aromatic heterocycles. The Hall–Kier alpha value is -1.36. The fraction of sp³-hybridized carbons (Fsp3) is 0. The minimum atomic E-state index is 0.150. The maximum absolute atomic E-state index is 11.7. The zero-order valence-corrected chi connectivity index (χ0v) is 12.4. The molecule has 0 N–H and O–H groups in total. The molecule has 1 nitrogen and oxygen atoms in total. The topological polar surface area (TPSA) is 17.1 Å². The van der Waals surface area contributed by atoms with E-state index in [1.165, 1.54) is 22.7 Å². The van der Waals surface area contributed by atoms with Crippen LogP contribution in [0.1, 0.15) is 0 Å². The highest BCUT2D eigenvalue weighted by molar-refractivity contribution is 8.01. The summed E-state index contributed by atoms with van der Waals surface area (Å²) < 4.78 is 1.23. The van der Waals surface area contributed by atoms with Crippen molar-refractivity contribution in [3.05, 3.63) is 69.5 Å². The fourth-order valence-corrected chi connectivity index (χ4v) is 5.29.